The van der Waals surface area contributed by atoms with Gasteiger partial charge in [0.05, 0.1) is 12.1 Å². The van der Waals surface area contributed by atoms with Crippen molar-refractivity contribution in [2.45, 2.75) is 31.7 Å². The number of rotatable bonds is 4. The summed E-state index contributed by atoms with van der Waals surface area (Å²) in [5, 5.41) is 19.9. The van der Waals surface area contributed by atoms with Crippen LogP contribution in [0.4, 0.5) is 0 Å². The smallest absolute Gasteiger partial charge is 0.270 e. The topological polar surface area (TPSA) is 96.5 Å². The highest BCUT2D eigenvalue weighted by atomic mass is 16.1. The van der Waals surface area contributed by atoms with Gasteiger partial charge in [-0.15, -0.1) is 10.2 Å². The van der Waals surface area contributed by atoms with Crippen molar-refractivity contribution in [3.05, 3.63) is 41.2 Å². The molecule has 0 aromatic carbocycles. The Morgan fingerprint density at radius 1 is 1.45 bits per heavy atom. The molecule has 0 spiro atoms. The molecule has 0 saturated heterocycles. The zero-order valence-corrected chi connectivity index (χ0v) is 12.3. The number of nitrogens with one attached hydrogen (secondary N) is 1. The average Bonchev–Trinajstić information content (AvgIpc) is 2.84. The van der Waals surface area contributed by atoms with Gasteiger partial charge in [-0.05, 0) is 25.0 Å². The van der Waals surface area contributed by atoms with E-state index >= 15 is 0 Å². The van der Waals surface area contributed by atoms with Crippen LogP contribution in [-0.4, -0.2) is 25.7 Å². The van der Waals surface area contributed by atoms with E-state index in [0.29, 0.717) is 18.0 Å². The van der Waals surface area contributed by atoms with E-state index in [4.69, 9.17) is 5.26 Å². The molecule has 1 N–H and O–H groups in total. The highest BCUT2D eigenvalue weighted by Gasteiger charge is 2.25. The van der Waals surface area contributed by atoms with Crippen LogP contribution >= 0.6 is 0 Å². The molecule has 1 amide bonds. The first-order valence-electron chi connectivity index (χ1n) is 7.21. The van der Waals surface area contributed by atoms with E-state index in [1.165, 1.54) is 18.7 Å². The zero-order valence-electron chi connectivity index (χ0n) is 12.3. The lowest BCUT2D eigenvalue weighted by Crippen LogP contribution is -2.25. The highest BCUT2D eigenvalue weighted by Crippen LogP contribution is 2.34. The van der Waals surface area contributed by atoms with E-state index in [-0.39, 0.29) is 11.6 Å². The van der Waals surface area contributed by atoms with Crippen LogP contribution in [0.2, 0.25) is 0 Å². The van der Waals surface area contributed by atoms with Gasteiger partial charge in [-0.2, -0.15) is 5.26 Å². The molecule has 1 aliphatic rings. The predicted octanol–water partition coefficient (Wildman–Crippen LogP) is 1.28. The molecule has 2 aromatic heterocycles. The molecule has 1 aliphatic carbocycles. The summed E-state index contributed by atoms with van der Waals surface area (Å²) in [4.78, 5) is 16.0. The summed E-state index contributed by atoms with van der Waals surface area (Å²) in [6, 6.07) is 5.07. The zero-order chi connectivity index (χ0) is 15.5. The molecule has 22 heavy (non-hydrogen) atoms. The minimum absolute atomic E-state index is 0.278. The van der Waals surface area contributed by atoms with Gasteiger partial charge in [0.25, 0.3) is 5.91 Å². The van der Waals surface area contributed by atoms with E-state index < -0.39 is 0 Å². The van der Waals surface area contributed by atoms with Crippen molar-refractivity contribution in [3.63, 3.8) is 0 Å². The number of hydrogen-bond donors (Lipinski definition) is 1. The summed E-state index contributed by atoms with van der Waals surface area (Å²) in [5.41, 5.74) is 0.704. The molecule has 0 radical (unpaired) electrons. The lowest BCUT2D eigenvalue weighted by atomic mass is 9.85. The van der Waals surface area contributed by atoms with E-state index in [0.717, 1.165) is 24.5 Å². The molecule has 3 rings (SSSR count). The van der Waals surface area contributed by atoms with Crippen LogP contribution in [-0.2, 0) is 13.6 Å². The van der Waals surface area contributed by atoms with Crippen molar-refractivity contribution in [1.29, 1.82) is 5.26 Å². The van der Waals surface area contributed by atoms with Gasteiger partial charge in [0.1, 0.15) is 17.6 Å². The molecule has 0 unspecified atom stereocenters. The van der Waals surface area contributed by atoms with Gasteiger partial charge < -0.3 is 9.88 Å². The van der Waals surface area contributed by atoms with Gasteiger partial charge in [0.15, 0.2) is 5.82 Å². The van der Waals surface area contributed by atoms with E-state index in [1.54, 1.807) is 6.07 Å². The molecule has 0 bridgehead atoms. The predicted molar refractivity (Wildman–Crippen MR) is 77.7 cm³/mol. The van der Waals surface area contributed by atoms with Crippen molar-refractivity contribution in [3.8, 4) is 6.07 Å². The Labute approximate surface area is 128 Å². The van der Waals surface area contributed by atoms with Crippen molar-refractivity contribution in [2.75, 3.05) is 0 Å². The second-order valence-corrected chi connectivity index (χ2v) is 5.39. The van der Waals surface area contributed by atoms with Crippen LogP contribution in [0.5, 0.6) is 0 Å². The normalized spacial score (nSPS) is 14.2. The largest absolute Gasteiger partial charge is 0.343 e. The summed E-state index contributed by atoms with van der Waals surface area (Å²) in [5.74, 6) is 1.93. The summed E-state index contributed by atoms with van der Waals surface area (Å²) in [6.07, 6.45) is 4.95. The summed E-state index contributed by atoms with van der Waals surface area (Å²) >= 11 is 0. The van der Waals surface area contributed by atoms with Gasteiger partial charge >= 0.3 is 0 Å². The van der Waals surface area contributed by atoms with Gasteiger partial charge in [-0.3, -0.25) is 4.79 Å². The Balaban J connectivity index is 1.63. The first-order chi connectivity index (χ1) is 10.7. The van der Waals surface area contributed by atoms with Gasteiger partial charge in [0.2, 0.25) is 0 Å². The van der Waals surface area contributed by atoms with E-state index in [2.05, 4.69) is 20.5 Å². The Morgan fingerprint density at radius 3 is 2.86 bits per heavy atom. The number of hydrogen-bond acceptors (Lipinski definition) is 5. The van der Waals surface area contributed by atoms with Crippen LogP contribution in [0.15, 0.2) is 18.3 Å². The Kier molecular flexibility index (Phi) is 3.83. The third-order valence-electron chi connectivity index (χ3n) is 4.00. The fraction of sp³-hybridized carbons (Fsp3) is 0.400. The number of nitrogens with zero attached hydrogens (tertiary/aromatic N) is 5. The van der Waals surface area contributed by atoms with E-state index in [1.807, 2.05) is 17.7 Å². The number of carbonyl (C=O) groups excluding carboxylic acids is 1. The van der Waals surface area contributed by atoms with Crippen LogP contribution in [0.1, 0.15) is 52.9 Å². The molecule has 1 fully saturated rings. The lowest BCUT2D eigenvalue weighted by Gasteiger charge is -2.24. The number of amides is 1. The SMILES string of the molecule is Cn1c(CNC(=O)c2ccc(C#N)cn2)nnc1C1CCC1. The van der Waals surface area contributed by atoms with Crippen LogP contribution in [0.3, 0.4) is 0 Å². The molecule has 112 valence electrons. The molecule has 2 heterocycles. The second kappa shape index (κ2) is 5.93. The fourth-order valence-corrected chi connectivity index (χ4v) is 2.40. The van der Waals surface area contributed by atoms with Crippen molar-refractivity contribution in [1.82, 2.24) is 25.1 Å². The second-order valence-electron chi connectivity index (χ2n) is 5.39. The third kappa shape index (κ3) is 2.68. The Bertz CT molecular complexity index is 723. The number of pyridine rings is 1. The molecule has 1 saturated carbocycles. The first-order valence-corrected chi connectivity index (χ1v) is 7.21. The third-order valence-corrected chi connectivity index (χ3v) is 4.00. The quantitative estimate of drug-likeness (QED) is 0.916. The molecule has 0 aliphatic heterocycles. The molecule has 7 nitrogen and oxygen atoms in total. The van der Waals surface area contributed by atoms with E-state index in [9.17, 15) is 4.79 Å². The van der Waals surface area contributed by atoms with Crippen molar-refractivity contribution in [2.24, 2.45) is 7.05 Å². The Hall–Kier alpha value is -2.75. The monoisotopic (exact) mass is 296 g/mol. The molecule has 2 aromatic rings. The van der Waals surface area contributed by atoms with Crippen molar-refractivity contribution >= 4 is 5.91 Å². The maximum absolute atomic E-state index is 12.0. The minimum Gasteiger partial charge on any atom is -0.343 e. The molecular formula is C15H16N6O. The highest BCUT2D eigenvalue weighted by molar-refractivity contribution is 5.92. The summed E-state index contributed by atoms with van der Waals surface area (Å²) < 4.78 is 1.95. The maximum Gasteiger partial charge on any atom is 0.270 e. The fourth-order valence-electron chi connectivity index (χ4n) is 2.40. The molecular weight excluding hydrogens is 280 g/mol. The minimum atomic E-state index is -0.294. The maximum atomic E-state index is 12.0. The molecule has 0 atom stereocenters. The van der Waals surface area contributed by atoms with Gasteiger partial charge in [-0.1, -0.05) is 6.42 Å². The van der Waals surface area contributed by atoms with Crippen molar-refractivity contribution < 1.29 is 4.79 Å². The number of carbonyl (C=O) groups is 1. The summed E-state index contributed by atoms with van der Waals surface area (Å²) in [6.45, 7) is 0.302. The summed E-state index contributed by atoms with van der Waals surface area (Å²) in [7, 11) is 1.93. The van der Waals surface area contributed by atoms with Gasteiger partial charge in [-0.25, -0.2) is 4.98 Å². The molecule has 7 heteroatoms. The van der Waals surface area contributed by atoms with Crippen LogP contribution in [0.25, 0.3) is 0 Å². The van der Waals surface area contributed by atoms with Crippen LogP contribution < -0.4 is 5.32 Å². The average molecular weight is 296 g/mol. The lowest BCUT2D eigenvalue weighted by molar-refractivity contribution is 0.0944. The number of nitriles is 1. The standard InChI is InChI=1S/C15H16N6O/c1-21-13(19-20-14(21)11-3-2-4-11)9-18-15(22)12-6-5-10(7-16)8-17-12/h5-6,8,11H,2-4,9H2,1H3,(H,18,22). The number of aromatic nitrogens is 4. The van der Waals surface area contributed by atoms with Gasteiger partial charge in [0, 0.05) is 19.2 Å². The Morgan fingerprint density at radius 2 is 2.27 bits per heavy atom. The van der Waals surface area contributed by atoms with Crippen LogP contribution in [0, 0.1) is 11.3 Å². The first kappa shape index (κ1) is 14.2.